The molecule has 0 aliphatic carbocycles. The number of hydrogen-bond donors (Lipinski definition) is 2. The molecule has 5 nitrogen and oxygen atoms in total. The van der Waals surface area contributed by atoms with E-state index in [2.05, 4.69) is 20.6 Å². The fraction of sp³-hybridized carbons (Fsp3) is 0.667. The van der Waals surface area contributed by atoms with Gasteiger partial charge in [0.15, 0.2) is 0 Å². The lowest BCUT2D eigenvalue weighted by atomic mass is 10.1. The topological polar surface area (TPSA) is 59.1 Å². The van der Waals surface area contributed by atoms with Gasteiger partial charge in [0.05, 0.1) is 6.61 Å². The van der Waals surface area contributed by atoms with Crippen molar-refractivity contribution in [2.45, 2.75) is 32.2 Å². The lowest BCUT2D eigenvalue weighted by Crippen LogP contribution is -2.22. The second kappa shape index (κ2) is 6.39. The molecule has 1 aromatic heterocycles. The number of hydrogen-bond acceptors (Lipinski definition) is 5. The number of anilines is 1. The molecule has 2 heterocycles. The first-order valence-electron chi connectivity index (χ1n) is 6.31. The van der Waals surface area contributed by atoms with Gasteiger partial charge in [-0.25, -0.2) is 4.98 Å². The summed E-state index contributed by atoms with van der Waals surface area (Å²) in [6, 6.07) is 2.24. The molecule has 17 heavy (non-hydrogen) atoms. The molecule has 0 radical (unpaired) electrons. The van der Waals surface area contributed by atoms with Crippen LogP contribution in [0.3, 0.4) is 0 Å². The monoisotopic (exact) mass is 236 g/mol. The standard InChI is InChI=1S/C12H20N4O/c1-2-17-11-6-9-14-12(16-11)15-10-4-3-7-13-8-5-10/h6,9-10,13H,2-5,7-8H2,1H3,(H,14,15,16). The van der Waals surface area contributed by atoms with Crippen LogP contribution in [-0.4, -0.2) is 35.7 Å². The van der Waals surface area contributed by atoms with Gasteiger partial charge in [-0.1, -0.05) is 0 Å². The highest BCUT2D eigenvalue weighted by atomic mass is 16.5. The minimum absolute atomic E-state index is 0.460. The zero-order valence-electron chi connectivity index (χ0n) is 10.3. The summed E-state index contributed by atoms with van der Waals surface area (Å²) in [6.45, 7) is 4.75. The molecule has 0 spiro atoms. The number of rotatable bonds is 4. The van der Waals surface area contributed by atoms with Gasteiger partial charge in [0, 0.05) is 18.3 Å². The largest absolute Gasteiger partial charge is 0.478 e. The lowest BCUT2D eigenvalue weighted by Gasteiger charge is -2.15. The third kappa shape index (κ3) is 3.85. The van der Waals surface area contributed by atoms with Gasteiger partial charge in [-0.15, -0.1) is 0 Å². The van der Waals surface area contributed by atoms with Crippen LogP contribution < -0.4 is 15.4 Å². The Kier molecular flexibility index (Phi) is 4.55. The second-order valence-corrected chi connectivity index (χ2v) is 4.17. The fourth-order valence-electron chi connectivity index (χ4n) is 1.99. The number of aromatic nitrogens is 2. The molecule has 5 heteroatoms. The summed E-state index contributed by atoms with van der Waals surface area (Å²) in [5.74, 6) is 1.31. The molecule has 1 fully saturated rings. The Morgan fingerprint density at radius 2 is 2.41 bits per heavy atom. The molecule has 0 amide bonds. The highest BCUT2D eigenvalue weighted by Crippen LogP contribution is 2.13. The van der Waals surface area contributed by atoms with E-state index in [1.165, 1.54) is 6.42 Å². The Labute approximate surface area is 102 Å². The van der Waals surface area contributed by atoms with Crippen molar-refractivity contribution in [1.82, 2.24) is 15.3 Å². The Morgan fingerprint density at radius 3 is 3.29 bits per heavy atom. The number of ether oxygens (including phenoxy) is 1. The lowest BCUT2D eigenvalue weighted by molar-refractivity contribution is 0.326. The van der Waals surface area contributed by atoms with Gasteiger partial charge in [-0.2, -0.15) is 4.98 Å². The molecule has 94 valence electrons. The molecule has 1 aliphatic heterocycles. The third-order valence-corrected chi connectivity index (χ3v) is 2.83. The van der Waals surface area contributed by atoms with Crippen molar-refractivity contribution < 1.29 is 4.74 Å². The van der Waals surface area contributed by atoms with Crippen molar-refractivity contribution in [3.8, 4) is 5.88 Å². The number of nitrogens with one attached hydrogen (secondary N) is 2. The molecule has 1 saturated heterocycles. The molecular weight excluding hydrogens is 216 g/mol. The van der Waals surface area contributed by atoms with Crippen LogP contribution >= 0.6 is 0 Å². The average Bonchev–Trinajstić information content (AvgIpc) is 2.59. The maximum Gasteiger partial charge on any atom is 0.226 e. The zero-order valence-corrected chi connectivity index (χ0v) is 10.3. The molecule has 1 atom stereocenters. The Bertz CT molecular complexity index is 337. The summed E-state index contributed by atoms with van der Waals surface area (Å²) in [6.07, 6.45) is 5.20. The summed E-state index contributed by atoms with van der Waals surface area (Å²) < 4.78 is 5.36. The van der Waals surface area contributed by atoms with Crippen LogP contribution in [0.5, 0.6) is 5.88 Å². The van der Waals surface area contributed by atoms with Gasteiger partial charge in [0.1, 0.15) is 0 Å². The first-order chi connectivity index (χ1) is 8.38. The smallest absolute Gasteiger partial charge is 0.226 e. The quantitative estimate of drug-likeness (QED) is 0.828. The van der Waals surface area contributed by atoms with E-state index in [9.17, 15) is 0 Å². The van der Waals surface area contributed by atoms with Crippen LogP contribution in [0.15, 0.2) is 12.3 Å². The van der Waals surface area contributed by atoms with E-state index in [4.69, 9.17) is 4.74 Å². The minimum atomic E-state index is 0.460. The zero-order chi connectivity index (χ0) is 11.9. The van der Waals surface area contributed by atoms with Gasteiger partial charge < -0.3 is 15.4 Å². The van der Waals surface area contributed by atoms with Crippen LogP contribution in [0.2, 0.25) is 0 Å². The Morgan fingerprint density at radius 1 is 1.47 bits per heavy atom. The van der Waals surface area contributed by atoms with Gasteiger partial charge in [-0.05, 0) is 39.3 Å². The van der Waals surface area contributed by atoms with E-state index in [1.807, 2.05) is 6.92 Å². The van der Waals surface area contributed by atoms with Gasteiger partial charge >= 0.3 is 0 Å². The van der Waals surface area contributed by atoms with E-state index in [0.29, 0.717) is 24.5 Å². The van der Waals surface area contributed by atoms with E-state index in [0.717, 1.165) is 25.9 Å². The molecule has 0 aromatic carbocycles. The van der Waals surface area contributed by atoms with Crippen LogP contribution in [0.4, 0.5) is 5.95 Å². The first-order valence-corrected chi connectivity index (χ1v) is 6.31. The summed E-state index contributed by atoms with van der Waals surface area (Å²) in [5.41, 5.74) is 0. The maximum atomic E-state index is 5.36. The van der Waals surface area contributed by atoms with Crippen molar-refractivity contribution in [3.05, 3.63) is 12.3 Å². The van der Waals surface area contributed by atoms with Crippen LogP contribution in [0, 0.1) is 0 Å². The minimum Gasteiger partial charge on any atom is -0.478 e. The first kappa shape index (κ1) is 12.1. The Balaban J connectivity index is 1.94. The highest BCUT2D eigenvalue weighted by Gasteiger charge is 2.12. The normalized spacial score (nSPS) is 20.6. The van der Waals surface area contributed by atoms with Crippen molar-refractivity contribution in [2.75, 3.05) is 25.0 Å². The van der Waals surface area contributed by atoms with E-state index >= 15 is 0 Å². The molecule has 1 aromatic rings. The van der Waals surface area contributed by atoms with Crippen molar-refractivity contribution in [2.24, 2.45) is 0 Å². The molecule has 0 bridgehead atoms. The fourth-order valence-corrected chi connectivity index (χ4v) is 1.99. The van der Waals surface area contributed by atoms with Gasteiger partial charge in [0.2, 0.25) is 11.8 Å². The summed E-state index contributed by atoms with van der Waals surface area (Å²) in [4.78, 5) is 8.55. The van der Waals surface area contributed by atoms with E-state index in [1.54, 1.807) is 12.3 Å². The van der Waals surface area contributed by atoms with Crippen LogP contribution in [0.25, 0.3) is 0 Å². The third-order valence-electron chi connectivity index (χ3n) is 2.83. The molecule has 2 rings (SSSR count). The van der Waals surface area contributed by atoms with E-state index < -0.39 is 0 Å². The molecule has 2 N–H and O–H groups in total. The molecular formula is C12H20N4O. The van der Waals surface area contributed by atoms with Crippen molar-refractivity contribution in [1.29, 1.82) is 0 Å². The Hall–Kier alpha value is -1.36. The second-order valence-electron chi connectivity index (χ2n) is 4.17. The van der Waals surface area contributed by atoms with Crippen molar-refractivity contribution in [3.63, 3.8) is 0 Å². The van der Waals surface area contributed by atoms with Gasteiger partial charge in [-0.3, -0.25) is 0 Å². The van der Waals surface area contributed by atoms with Crippen molar-refractivity contribution >= 4 is 5.95 Å². The number of nitrogens with zero attached hydrogens (tertiary/aromatic N) is 2. The van der Waals surface area contributed by atoms with Gasteiger partial charge in [0.25, 0.3) is 0 Å². The molecule has 1 unspecified atom stereocenters. The predicted molar refractivity (Wildman–Crippen MR) is 67.3 cm³/mol. The SMILES string of the molecule is CCOc1ccnc(NC2CCCNCC2)n1. The summed E-state index contributed by atoms with van der Waals surface area (Å²) >= 11 is 0. The summed E-state index contributed by atoms with van der Waals surface area (Å²) in [7, 11) is 0. The average molecular weight is 236 g/mol. The predicted octanol–water partition coefficient (Wildman–Crippen LogP) is 1.43. The maximum absolute atomic E-state index is 5.36. The molecule has 1 aliphatic rings. The van der Waals surface area contributed by atoms with Crippen LogP contribution in [0.1, 0.15) is 26.2 Å². The van der Waals surface area contributed by atoms with E-state index in [-0.39, 0.29) is 0 Å². The summed E-state index contributed by atoms with van der Waals surface area (Å²) in [5, 5.41) is 6.77. The highest BCUT2D eigenvalue weighted by molar-refractivity contribution is 5.28. The molecule has 0 saturated carbocycles. The van der Waals surface area contributed by atoms with Crippen LogP contribution in [-0.2, 0) is 0 Å².